The maximum atomic E-state index is 11.3. The van der Waals surface area contributed by atoms with Crippen molar-refractivity contribution in [1.29, 1.82) is 0 Å². The first kappa shape index (κ1) is 9.56. The van der Waals surface area contributed by atoms with E-state index in [0.29, 0.717) is 5.02 Å². The van der Waals surface area contributed by atoms with Crippen LogP contribution in [0.2, 0.25) is 10.0 Å². The third-order valence-corrected chi connectivity index (χ3v) is 2.85. The SMILES string of the molecule is Cc1c(Cl)c(=O)[nH]c2ccc(Cl)cc12. The molecule has 2 aromatic rings. The second-order valence-corrected chi connectivity index (χ2v) is 3.90. The van der Waals surface area contributed by atoms with Crippen molar-refractivity contribution in [3.63, 3.8) is 0 Å². The molecule has 4 heteroatoms. The number of aryl methyl sites for hydroxylation is 1. The van der Waals surface area contributed by atoms with E-state index < -0.39 is 0 Å². The zero-order valence-corrected chi connectivity index (χ0v) is 8.91. The molecule has 1 aromatic heterocycles. The molecule has 0 saturated carbocycles. The Kier molecular flexibility index (Phi) is 2.25. The molecule has 0 bridgehead atoms. The predicted molar refractivity (Wildman–Crippen MR) is 59.3 cm³/mol. The molecule has 1 heterocycles. The second-order valence-electron chi connectivity index (χ2n) is 3.08. The summed E-state index contributed by atoms with van der Waals surface area (Å²) in [5.41, 5.74) is 1.24. The lowest BCUT2D eigenvalue weighted by Gasteiger charge is -2.03. The highest BCUT2D eigenvalue weighted by Crippen LogP contribution is 2.23. The van der Waals surface area contributed by atoms with Gasteiger partial charge < -0.3 is 4.98 Å². The molecule has 2 rings (SSSR count). The van der Waals surface area contributed by atoms with E-state index in [2.05, 4.69) is 4.98 Å². The van der Waals surface area contributed by atoms with Gasteiger partial charge in [-0.1, -0.05) is 23.2 Å². The quantitative estimate of drug-likeness (QED) is 0.738. The van der Waals surface area contributed by atoms with Crippen LogP contribution in [0.4, 0.5) is 0 Å². The summed E-state index contributed by atoms with van der Waals surface area (Å²) in [6, 6.07) is 5.28. The third kappa shape index (κ3) is 1.41. The van der Waals surface area contributed by atoms with Gasteiger partial charge in [-0.2, -0.15) is 0 Å². The van der Waals surface area contributed by atoms with Gasteiger partial charge >= 0.3 is 0 Å². The number of hydrogen-bond donors (Lipinski definition) is 1. The number of pyridine rings is 1. The second kappa shape index (κ2) is 3.30. The molecule has 0 spiro atoms. The molecule has 1 aromatic carbocycles. The van der Waals surface area contributed by atoms with Gasteiger partial charge in [-0.3, -0.25) is 4.79 Å². The van der Waals surface area contributed by atoms with Crippen molar-refractivity contribution in [3.8, 4) is 0 Å². The molecule has 0 amide bonds. The maximum absolute atomic E-state index is 11.3. The average molecular weight is 228 g/mol. The first-order valence-corrected chi connectivity index (χ1v) is 4.83. The fourth-order valence-corrected chi connectivity index (χ4v) is 1.72. The number of hydrogen-bond acceptors (Lipinski definition) is 1. The van der Waals surface area contributed by atoms with Gasteiger partial charge in [-0.15, -0.1) is 0 Å². The van der Waals surface area contributed by atoms with E-state index in [9.17, 15) is 4.79 Å². The van der Waals surface area contributed by atoms with Crippen molar-refractivity contribution in [1.82, 2.24) is 4.98 Å². The van der Waals surface area contributed by atoms with Crippen molar-refractivity contribution in [3.05, 3.63) is 44.2 Å². The predicted octanol–water partition coefficient (Wildman–Crippen LogP) is 3.14. The minimum absolute atomic E-state index is 0.222. The lowest BCUT2D eigenvalue weighted by molar-refractivity contribution is 1.28. The largest absolute Gasteiger partial charge is 0.321 e. The Morgan fingerprint density at radius 2 is 2.00 bits per heavy atom. The van der Waals surface area contributed by atoms with E-state index in [1.807, 2.05) is 0 Å². The van der Waals surface area contributed by atoms with E-state index in [0.717, 1.165) is 16.5 Å². The van der Waals surface area contributed by atoms with E-state index in [-0.39, 0.29) is 10.6 Å². The number of benzene rings is 1. The molecule has 0 aliphatic heterocycles. The minimum atomic E-state index is -0.265. The number of nitrogens with one attached hydrogen (secondary N) is 1. The van der Waals surface area contributed by atoms with Crippen LogP contribution in [0, 0.1) is 6.92 Å². The van der Waals surface area contributed by atoms with Crippen LogP contribution in [0.3, 0.4) is 0 Å². The smallest absolute Gasteiger partial charge is 0.267 e. The molecule has 0 radical (unpaired) electrons. The Morgan fingerprint density at radius 1 is 1.29 bits per heavy atom. The van der Waals surface area contributed by atoms with Crippen molar-refractivity contribution in [2.75, 3.05) is 0 Å². The molecule has 0 saturated heterocycles. The van der Waals surface area contributed by atoms with Gasteiger partial charge in [0.2, 0.25) is 0 Å². The van der Waals surface area contributed by atoms with Crippen LogP contribution in [-0.4, -0.2) is 4.98 Å². The van der Waals surface area contributed by atoms with Crippen LogP contribution in [0.5, 0.6) is 0 Å². The van der Waals surface area contributed by atoms with Gasteiger partial charge in [0, 0.05) is 15.9 Å². The summed E-state index contributed by atoms with van der Waals surface area (Å²) in [5, 5.41) is 1.73. The van der Waals surface area contributed by atoms with Crippen molar-refractivity contribution in [2.45, 2.75) is 6.92 Å². The molecule has 0 aliphatic carbocycles. The Morgan fingerprint density at radius 3 is 2.71 bits per heavy atom. The van der Waals surface area contributed by atoms with Crippen molar-refractivity contribution < 1.29 is 0 Å². The highest BCUT2D eigenvalue weighted by Gasteiger charge is 2.06. The van der Waals surface area contributed by atoms with E-state index >= 15 is 0 Å². The summed E-state index contributed by atoms with van der Waals surface area (Å²) < 4.78 is 0. The fourth-order valence-electron chi connectivity index (χ4n) is 1.40. The number of aromatic amines is 1. The normalized spacial score (nSPS) is 10.8. The summed E-state index contributed by atoms with van der Waals surface area (Å²) in [6.07, 6.45) is 0. The summed E-state index contributed by atoms with van der Waals surface area (Å²) in [7, 11) is 0. The highest BCUT2D eigenvalue weighted by atomic mass is 35.5. The Bertz CT molecular complexity index is 560. The molecular weight excluding hydrogens is 221 g/mol. The molecule has 0 unspecified atom stereocenters. The lowest BCUT2D eigenvalue weighted by atomic mass is 10.1. The number of H-pyrrole nitrogens is 1. The fraction of sp³-hybridized carbons (Fsp3) is 0.100. The van der Waals surface area contributed by atoms with Crippen LogP contribution < -0.4 is 5.56 Å². The van der Waals surface area contributed by atoms with Crippen LogP contribution in [0.15, 0.2) is 23.0 Å². The molecule has 0 fully saturated rings. The number of fused-ring (bicyclic) bond motifs is 1. The van der Waals surface area contributed by atoms with Crippen LogP contribution in [0.1, 0.15) is 5.56 Å². The van der Waals surface area contributed by atoms with Gasteiger partial charge in [-0.05, 0) is 30.7 Å². The summed E-state index contributed by atoms with van der Waals surface area (Å²) >= 11 is 11.7. The summed E-state index contributed by atoms with van der Waals surface area (Å²) in [6.45, 7) is 1.80. The molecular formula is C10H7Cl2NO. The molecule has 0 aliphatic rings. The zero-order chi connectivity index (χ0) is 10.3. The van der Waals surface area contributed by atoms with E-state index in [1.165, 1.54) is 0 Å². The minimum Gasteiger partial charge on any atom is -0.321 e. The lowest BCUT2D eigenvalue weighted by Crippen LogP contribution is -2.07. The Labute approximate surface area is 90.5 Å². The number of aromatic nitrogens is 1. The van der Waals surface area contributed by atoms with Crippen LogP contribution >= 0.6 is 23.2 Å². The summed E-state index contributed by atoms with van der Waals surface area (Å²) in [4.78, 5) is 14.0. The van der Waals surface area contributed by atoms with Crippen molar-refractivity contribution in [2.24, 2.45) is 0 Å². The first-order valence-electron chi connectivity index (χ1n) is 4.07. The first-order chi connectivity index (χ1) is 6.59. The van der Waals surface area contributed by atoms with Gasteiger partial charge in [-0.25, -0.2) is 0 Å². The van der Waals surface area contributed by atoms with E-state index in [4.69, 9.17) is 23.2 Å². The summed E-state index contributed by atoms with van der Waals surface area (Å²) in [5.74, 6) is 0. The van der Waals surface area contributed by atoms with Gasteiger partial charge in [0.25, 0.3) is 5.56 Å². The highest BCUT2D eigenvalue weighted by molar-refractivity contribution is 6.33. The van der Waals surface area contributed by atoms with E-state index in [1.54, 1.807) is 25.1 Å². The topological polar surface area (TPSA) is 32.9 Å². The third-order valence-electron chi connectivity index (χ3n) is 2.16. The standard InChI is InChI=1S/C10H7Cl2NO/c1-5-7-4-6(11)2-3-8(7)13-10(14)9(5)12/h2-4H,1H3,(H,13,14). The maximum Gasteiger partial charge on any atom is 0.267 e. The zero-order valence-electron chi connectivity index (χ0n) is 7.40. The monoisotopic (exact) mass is 227 g/mol. The van der Waals surface area contributed by atoms with Crippen LogP contribution in [-0.2, 0) is 0 Å². The molecule has 72 valence electrons. The molecule has 14 heavy (non-hydrogen) atoms. The van der Waals surface area contributed by atoms with Gasteiger partial charge in [0.05, 0.1) is 0 Å². The average Bonchev–Trinajstić information content (AvgIpc) is 2.16. The molecule has 0 atom stereocenters. The van der Waals surface area contributed by atoms with Crippen molar-refractivity contribution >= 4 is 34.1 Å². The Hall–Kier alpha value is -0.990. The molecule has 1 N–H and O–H groups in total. The Balaban J connectivity index is 2.99. The number of rotatable bonds is 0. The van der Waals surface area contributed by atoms with Gasteiger partial charge in [0.15, 0.2) is 0 Å². The number of halogens is 2. The molecule has 2 nitrogen and oxygen atoms in total. The van der Waals surface area contributed by atoms with Gasteiger partial charge in [0.1, 0.15) is 5.02 Å². The van der Waals surface area contributed by atoms with Crippen LogP contribution in [0.25, 0.3) is 10.9 Å².